The average molecular weight is 412 g/mol. The Bertz CT molecular complexity index is 849. The number of morpholine rings is 1. The van der Waals surface area contributed by atoms with Crippen LogP contribution in [0.1, 0.15) is 13.3 Å². The highest BCUT2D eigenvalue weighted by atomic mass is 32.2. The normalized spacial score (nSPS) is 22.4. The van der Waals surface area contributed by atoms with Crippen molar-refractivity contribution in [3.05, 3.63) is 18.2 Å². The third-order valence-corrected chi connectivity index (χ3v) is 6.71. The van der Waals surface area contributed by atoms with Crippen LogP contribution in [0.25, 0.3) is 0 Å². The molecule has 1 saturated heterocycles. The lowest BCUT2D eigenvalue weighted by atomic mass is 10.3. The van der Waals surface area contributed by atoms with Gasteiger partial charge in [-0.3, -0.25) is 9.59 Å². The number of sulfonamides is 1. The number of nitrogens with zero attached hydrogens (tertiary/aromatic N) is 1. The third-order valence-electron chi connectivity index (χ3n) is 4.79. The molecule has 1 heterocycles. The highest BCUT2D eigenvalue weighted by molar-refractivity contribution is 7.89. The molecule has 2 atom stereocenters. The van der Waals surface area contributed by atoms with Crippen LogP contribution in [0, 0.1) is 11.8 Å². The van der Waals surface area contributed by atoms with Gasteiger partial charge in [-0.05, 0) is 30.5 Å². The Morgan fingerprint density at radius 3 is 2.57 bits per heavy atom. The van der Waals surface area contributed by atoms with Crippen LogP contribution in [-0.2, 0) is 29.1 Å². The van der Waals surface area contributed by atoms with Crippen molar-refractivity contribution in [3.63, 3.8) is 0 Å². The fraction of sp³-hybridized carbons (Fsp3) is 0.556. The number of ether oxygens (including phenoxy) is 3. The van der Waals surface area contributed by atoms with E-state index in [1.807, 2.05) is 6.92 Å². The first-order valence-electron chi connectivity index (χ1n) is 9.05. The number of amides is 1. The fourth-order valence-electron chi connectivity index (χ4n) is 2.97. The third kappa shape index (κ3) is 4.62. The van der Waals surface area contributed by atoms with Gasteiger partial charge in [0.25, 0.3) is 5.91 Å². The zero-order valence-electron chi connectivity index (χ0n) is 15.8. The lowest BCUT2D eigenvalue weighted by molar-refractivity contribution is -0.148. The maximum absolute atomic E-state index is 12.9. The first-order valence-corrected chi connectivity index (χ1v) is 10.5. The van der Waals surface area contributed by atoms with E-state index in [0.717, 1.165) is 6.42 Å². The van der Waals surface area contributed by atoms with E-state index in [-0.39, 0.29) is 41.3 Å². The Hall–Kier alpha value is -2.17. The number of nitrogens with one attached hydrogen (secondary N) is 1. The Labute approximate surface area is 164 Å². The summed E-state index contributed by atoms with van der Waals surface area (Å²) in [6.07, 6.45) is 0.779. The molecule has 0 spiro atoms. The smallest absolute Gasteiger partial charge is 0.309 e. The van der Waals surface area contributed by atoms with Crippen LogP contribution in [-0.4, -0.2) is 64.6 Å². The van der Waals surface area contributed by atoms with Crippen LogP contribution >= 0.6 is 0 Å². The molecule has 2 fully saturated rings. The molecule has 9 nitrogen and oxygen atoms in total. The molecule has 28 heavy (non-hydrogen) atoms. The summed E-state index contributed by atoms with van der Waals surface area (Å²) in [5.41, 5.74) is 0.272. The summed E-state index contributed by atoms with van der Waals surface area (Å²) >= 11 is 0. The molecule has 1 saturated carbocycles. The molecule has 1 aliphatic heterocycles. The summed E-state index contributed by atoms with van der Waals surface area (Å²) in [5, 5.41) is 2.56. The topological polar surface area (TPSA) is 111 Å². The van der Waals surface area contributed by atoms with Crippen molar-refractivity contribution in [3.8, 4) is 5.75 Å². The van der Waals surface area contributed by atoms with Crippen LogP contribution in [0.3, 0.4) is 0 Å². The predicted molar refractivity (Wildman–Crippen MR) is 99.4 cm³/mol. The summed E-state index contributed by atoms with van der Waals surface area (Å²) < 4.78 is 42.6. The number of rotatable bonds is 7. The van der Waals surface area contributed by atoms with Crippen molar-refractivity contribution in [2.24, 2.45) is 11.8 Å². The molecule has 10 heteroatoms. The molecule has 1 N–H and O–H groups in total. The molecule has 0 bridgehead atoms. The minimum Gasteiger partial charge on any atom is -0.495 e. The van der Waals surface area contributed by atoms with Gasteiger partial charge in [-0.15, -0.1) is 0 Å². The average Bonchev–Trinajstić information content (AvgIpc) is 3.43. The second kappa shape index (κ2) is 8.46. The van der Waals surface area contributed by atoms with Gasteiger partial charge in [-0.25, -0.2) is 8.42 Å². The molecular formula is C18H24N2O7S. The van der Waals surface area contributed by atoms with Crippen LogP contribution in [0.15, 0.2) is 23.1 Å². The molecular weight excluding hydrogens is 388 g/mol. The zero-order chi connectivity index (χ0) is 20.3. The second-order valence-corrected chi connectivity index (χ2v) is 8.76. The highest BCUT2D eigenvalue weighted by Crippen LogP contribution is 2.38. The summed E-state index contributed by atoms with van der Waals surface area (Å²) in [6, 6.07) is 4.34. The second-order valence-electron chi connectivity index (χ2n) is 6.86. The summed E-state index contributed by atoms with van der Waals surface area (Å²) in [6.45, 7) is 2.67. The fourth-order valence-corrected chi connectivity index (χ4v) is 4.56. The zero-order valence-corrected chi connectivity index (χ0v) is 16.7. The largest absolute Gasteiger partial charge is 0.495 e. The number of benzene rings is 1. The Balaban J connectivity index is 1.69. The van der Waals surface area contributed by atoms with Crippen LogP contribution < -0.4 is 10.1 Å². The van der Waals surface area contributed by atoms with Gasteiger partial charge in [-0.1, -0.05) is 6.92 Å². The Morgan fingerprint density at radius 2 is 1.96 bits per heavy atom. The SMILES string of the molecule is COc1ccc(NC(=O)COC(=O)[C@@H]2C[C@@H]2C)cc1S(=O)(=O)N1CCOCC1. The summed E-state index contributed by atoms with van der Waals surface area (Å²) in [7, 11) is -2.43. The molecule has 0 aromatic heterocycles. The lowest BCUT2D eigenvalue weighted by Gasteiger charge is -2.26. The number of hydrogen-bond donors (Lipinski definition) is 1. The number of methoxy groups -OCH3 is 1. The maximum Gasteiger partial charge on any atom is 0.309 e. The number of carbonyl (C=O) groups excluding carboxylic acids is 2. The maximum atomic E-state index is 12.9. The van der Waals surface area contributed by atoms with Gasteiger partial charge < -0.3 is 19.5 Å². The number of carbonyl (C=O) groups is 2. The summed E-state index contributed by atoms with van der Waals surface area (Å²) in [4.78, 5) is 23.7. The first kappa shape index (κ1) is 20.6. The Morgan fingerprint density at radius 1 is 1.29 bits per heavy atom. The van der Waals surface area contributed by atoms with Gasteiger partial charge >= 0.3 is 5.97 Å². The van der Waals surface area contributed by atoms with Crippen LogP contribution in [0.4, 0.5) is 5.69 Å². The highest BCUT2D eigenvalue weighted by Gasteiger charge is 2.40. The van der Waals surface area contributed by atoms with Gasteiger partial charge in [0, 0.05) is 18.8 Å². The van der Waals surface area contributed by atoms with E-state index >= 15 is 0 Å². The molecule has 0 unspecified atom stereocenters. The van der Waals surface area contributed by atoms with Crippen molar-refractivity contribution >= 4 is 27.6 Å². The van der Waals surface area contributed by atoms with Crippen LogP contribution in [0.2, 0.25) is 0 Å². The standard InChI is InChI=1S/C18H24N2O7S/c1-12-9-14(12)18(22)27-11-17(21)19-13-3-4-15(25-2)16(10-13)28(23,24)20-5-7-26-8-6-20/h3-4,10,12,14H,5-9,11H2,1-2H3,(H,19,21)/t12-,14+/m0/s1. The molecule has 1 amide bonds. The number of anilines is 1. The molecule has 1 aliphatic carbocycles. The Kier molecular flexibility index (Phi) is 6.21. The molecule has 3 rings (SSSR count). The molecule has 0 radical (unpaired) electrons. The van der Waals surface area contributed by atoms with Gasteiger partial charge in [0.1, 0.15) is 10.6 Å². The number of esters is 1. The van der Waals surface area contributed by atoms with Crippen molar-refractivity contribution in [2.45, 2.75) is 18.2 Å². The van der Waals surface area contributed by atoms with Crippen molar-refractivity contribution in [2.75, 3.05) is 45.3 Å². The van der Waals surface area contributed by atoms with Gasteiger partial charge in [-0.2, -0.15) is 4.31 Å². The minimum atomic E-state index is -3.81. The number of hydrogen-bond acceptors (Lipinski definition) is 7. The van der Waals surface area contributed by atoms with Crippen molar-refractivity contribution in [1.29, 1.82) is 0 Å². The first-order chi connectivity index (χ1) is 13.3. The summed E-state index contributed by atoms with van der Waals surface area (Å²) in [5.74, 6) is -0.572. The van der Waals surface area contributed by atoms with E-state index < -0.39 is 22.5 Å². The van der Waals surface area contributed by atoms with E-state index in [2.05, 4.69) is 5.32 Å². The lowest BCUT2D eigenvalue weighted by Crippen LogP contribution is -2.40. The van der Waals surface area contributed by atoms with E-state index in [0.29, 0.717) is 19.1 Å². The van der Waals surface area contributed by atoms with Crippen LogP contribution in [0.5, 0.6) is 5.75 Å². The minimum absolute atomic E-state index is 0.0431. The monoisotopic (exact) mass is 412 g/mol. The molecule has 154 valence electrons. The van der Waals surface area contributed by atoms with E-state index in [4.69, 9.17) is 14.2 Å². The molecule has 1 aromatic carbocycles. The predicted octanol–water partition coefficient (Wildman–Crippen LogP) is 0.854. The van der Waals surface area contributed by atoms with Gasteiger partial charge in [0.05, 0.1) is 26.2 Å². The molecule has 1 aromatic rings. The van der Waals surface area contributed by atoms with E-state index in [9.17, 15) is 18.0 Å². The quantitative estimate of drug-likeness (QED) is 0.661. The van der Waals surface area contributed by atoms with E-state index in [1.54, 1.807) is 0 Å². The molecule has 2 aliphatic rings. The van der Waals surface area contributed by atoms with Crippen molar-refractivity contribution in [1.82, 2.24) is 4.31 Å². The van der Waals surface area contributed by atoms with E-state index in [1.165, 1.54) is 29.6 Å². The van der Waals surface area contributed by atoms with Gasteiger partial charge in [0.15, 0.2) is 6.61 Å². The van der Waals surface area contributed by atoms with Gasteiger partial charge in [0.2, 0.25) is 10.0 Å². The van der Waals surface area contributed by atoms with Crippen molar-refractivity contribution < 1.29 is 32.2 Å².